The highest BCUT2D eigenvalue weighted by Crippen LogP contribution is 2.25. The van der Waals surface area contributed by atoms with Crippen molar-refractivity contribution in [3.8, 4) is 0 Å². The second kappa shape index (κ2) is 6.96. The van der Waals surface area contributed by atoms with Gasteiger partial charge in [0.05, 0.1) is 4.92 Å². The average Bonchev–Trinajstić information content (AvgIpc) is 2.36. The van der Waals surface area contributed by atoms with Crippen LogP contribution in [0, 0.1) is 10.1 Å². The standard InChI is InChI=1S/C13H21N3O2/c1-4-14-12-9-11(10-15(5-2)6-3)7-8-13(12)16(17)18/h7-9,14H,4-6,10H2,1-3H3. The van der Waals surface area contributed by atoms with Crippen molar-refractivity contribution in [2.24, 2.45) is 0 Å². The predicted molar refractivity (Wildman–Crippen MR) is 73.9 cm³/mol. The molecule has 0 aromatic heterocycles. The van der Waals surface area contributed by atoms with Gasteiger partial charge in [0.15, 0.2) is 0 Å². The molecule has 1 aromatic carbocycles. The summed E-state index contributed by atoms with van der Waals surface area (Å²) in [7, 11) is 0. The zero-order valence-corrected chi connectivity index (χ0v) is 11.3. The van der Waals surface area contributed by atoms with Crippen LogP contribution in [0.2, 0.25) is 0 Å². The lowest BCUT2D eigenvalue weighted by Crippen LogP contribution is -2.22. The second-order valence-electron chi connectivity index (χ2n) is 4.10. The Labute approximate surface area is 108 Å². The van der Waals surface area contributed by atoms with Gasteiger partial charge >= 0.3 is 0 Å². The molecule has 100 valence electrons. The van der Waals surface area contributed by atoms with Gasteiger partial charge in [0.25, 0.3) is 5.69 Å². The monoisotopic (exact) mass is 251 g/mol. The Balaban J connectivity index is 2.95. The van der Waals surface area contributed by atoms with E-state index in [0.29, 0.717) is 12.2 Å². The van der Waals surface area contributed by atoms with E-state index in [0.717, 1.165) is 25.2 Å². The van der Waals surface area contributed by atoms with Crippen molar-refractivity contribution in [2.75, 3.05) is 25.0 Å². The molecule has 0 heterocycles. The van der Waals surface area contributed by atoms with Crippen LogP contribution < -0.4 is 5.32 Å². The third-order valence-corrected chi connectivity index (χ3v) is 2.93. The fourth-order valence-electron chi connectivity index (χ4n) is 1.88. The number of anilines is 1. The molecule has 0 fully saturated rings. The van der Waals surface area contributed by atoms with Gasteiger partial charge in [0.2, 0.25) is 0 Å². The number of benzene rings is 1. The fourth-order valence-corrected chi connectivity index (χ4v) is 1.88. The van der Waals surface area contributed by atoms with Crippen molar-refractivity contribution in [3.63, 3.8) is 0 Å². The Hall–Kier alpha value is -1.62. The summed E-state index contributed by atoms with van der Waals surface area (Å²) < 4.78 is 0. The molecule has 0 aliphatic carbocycles. The third kappa shape index (κ3) is 3.70. The first-order chi connectivity index (χ1) is 8.62. The van der Waals surface area contributed by atoms with E-state index >= 15 is 0 Å². The molecule has 5 heteroatoms. The highest BCUT2D eigenvalue weighted by Gasteiger charge is 2.14. The molecule has 0 spiro atoms. The summed E-state index contributed by atoms with van der Waals surface area (Å²) in [6.07, 6.45) is 0. The van der Waals surface area contributed by atoms with Gasteiger partial charge in [0, 0.05) is 19.2 Å². The van der Waals surface area contributed by atoms with E-state index < -0.39 is 0 Å². The van der Waals surface area contributed by atoms with Crippen molar-refractivity contribution in [1.29, 1.82) is 0 Å². The van der Waals surface area contributed by atoms with Gasteiger partial charge in [-0.05, 0) is 31.6 Å². The Morgan fingerprint density at radius 2 is 1.94 bits per heavy atom. The van der Waals surface area contributed by atoms with Gasteiger partial charge in [-0.1, -0.05) is 19.9 Å². The van der Waals surface area contributed by atoms with Gasteiger partial charge in [-0.15, -0.1) is 0 Å². The van der Waals surface area contributed by atoms with Crippen molar-refractivity contribution in [2.45, 2.75) is 27.3 Å². The van der Waals surface area contributed by atoms with Crippen LogP contribution in [0.4, 0.5) is 11.4 Å². The van der Waals surface area contributed by atoms with E-state index in [1.807, 2.05) is 19.1 Å². The summed E-state index contributed by atoms with van der Waals surface area (Å²) >= 11 is 0. The van der Waals surface area contributed by atoms with E-state index in [2.05, 4.69) is 24.1 Å². The van der Waals surface area contributed by atoms with Crippen LogP contribution in [0.1, 0.15) is 26.3 Å². The maximum absolute atomic E-state index is 10.9. The molecule has 0 saturated carbocycles. The Morgan fingerprint density at radius 3 is 2.44 bits per heavy atom. The first-order valence-corrected chi connectivity index (χ1v) is 6.35. The zero-order valence-electron chi connectivity index (χ0n) is 11.3. The summed E-state index contributed by atoms with van der Waals surface area (Å²) in [5, 5.41) is 13.9. The normalized spacial score (nSPS) is 10.7. The Bertz CT molecular complexity index is 403. The maximum atomic E-state index is 10.9. The summed E-state index contributed by atoms with van der Waals surface area (Å²) in [6.45, 7) is 9.61. The van der Waals surface area contributed by atoms with Gasteiger partial charge in [-0.3, -0.25) is 15.0 Å². The SMILES string of the molecule is CCNc1cc(CN(CC)CC)ccc1[N+](=O)[O-]. The quantitative estimate of drug-likeness (QED) is 0.598. The molecule has 0 amide bonds. The van der Waals surface area contributed by atoms with Crippen LogP contribution in [-0.2, 0) is 6.54 Å². The fraction of sp³-hybridized carbons (Fsp3) is 0.538. The highest BCUT2D eigenvalue weighted by molar-refractivity contribution is 5.62. The largest absolute Gasteiger partial charge is 0.380 e. The summed E-state index contributed by atoms with van der Waals surface area (Å²) in [4.78, 5) is 12.8. The number of rotatable bonds is 7. The number of nitrogens with one attached hydrogen (secondary N) is 1. The van der Waals surface area contributed by atoms with Crippen LogP contribution in [0.15, 0.2) is 18.2 Å². The molecule has 0 aliphatic rings. The van der Waals surface area contributed by atoms with Crippen LogP contribution in [-0.4, -0.2) is 29.5 Å². The van der Waals surface area contributed by atoms with Crippen LogP contribution >= 0.6 is 0 Å². The van der Waals surface area contributed by atoms with Crippen molar-refractivity contribution in [1.82, 2.24) is 4.90 Å². The minimum atomic E-state index is -0.348. The van der Waals surface area contributed by atoms with Crippen LogP contribution in [0.5, 0.6) is 0 Å². The van der Waals surface area contributed by atoms with Crippen molar-refractivity contribution < 1.29 is 4.92 Å². The van der Waals surface area contributed by atoms with Gasteiger partial charge < -0.3 is 5.32 Å². The lowest BCUT2D eigenvalue weighted by Gasteiger charge is -2.18. The molecular weight excluding hydrogens is 230 g/mol. The zero-order chi connectivity index (χ0) is 13.5. The van der Waals surface area contributed by atoms with Crippen molar-refractivity contribution in [3.05, 3.63) is 33.9 Å². The molecular formula is C13H21N3O2. The molecule has 0 bridgehead atoms. The smallest absolute Gasteiger partial charge is 0.292 e. The molecule has 0 aliphatic heterocycles. The van der Waals surface area contributed by atoms with E-state index in [1.165, 1.54) is 0 Å². The second-order valence-corrected chi connectivity index (χ2v) is 4.10. The van der Waals surface area contributed by atoms with E-state index in [9.17, 15) is 10.1 Å². The first-order valence-electron chi connectivity index (χ1n) is 6.35. The van der Waals surface area contributed by atoms with Gasteiger partial charge in [-0.25, -0.2) is 0 Å². The van der Waals surface area contributed by atoms with E-state index in [-0.39, 0.29) is 10.6 Å². The molecule has 5 nitrogen and oxygen atoms in total. The van der Waals surface area contributed by atoms with Crippen LogP contribution in [0.25, 0.3) is 0 Å². The Morgan fingerprint density at radius 1 is 1.28 bits per heavy atom. The van der Waals surface area contributed by atoms with E-state index in [1.54, 1.807) is 6.07 Å². The number of nitrogens with zero attached hydrogens (tertiary/aromatic N) is 2. The Kier molecular flexibility index (Phi) is 5.58. The van der Waals surface area contributed by atoms with Gasteiger partial charge in [-0.2, -0.15) is 0 Å². The molecule has 0 saturated heterocycles. The summed E-state index contributed by atoms with van der Waals surface area (Å²) in [5.74, 6) is 0. The van der Waals surface area contributed by atoms with Crippen molar-refractivity contribution >= 4 is 11.4 Å². The highest BCUT2D eigenvalue weighted by atomic mass is 16.6. The predicted octanol–water partition coefficient (Wildman–Crippen LogP) is 2.87. The lowest BCUT2D eigenvalue weighted by atomic mass is 10.1. The number of hydrogen-bond donors (Lipinski definition) is 1. The number of nitro groups is 1. The third-order valence-electron chi connectivity index (χ3n) is 2.93. The minimum Gasteiger partial charge on any atom is -0.380 e. The molecule has 18 heavy (non-hydrogen) atoms. The summed E-state index contributed by atoms with van der Waals surface area (Å²) in [5.41, 5.74) is 1.84. The molecule has 1 rings (SSSR count). The maximum Gasteiger partial charge on any atom is 0.292 e. The molecule has 1 aromatic rings. The minimum absolute atomic E-state index is 0.139. The number of hydrogen-bond acceptors (Lipinski definition) is 4. The summed E-state index contributed by atoms with van der Waals surface area (Å²) in [6, 6.07) is 5.29. The van der Waals surface area contributed by atoms with Crippen LogP contribution in [0.3, 0.4) is 0 Å². The first kappa shape index (κ1) is 14.4. The van der Waals surface area contributed by atoms with Gasteiger partial charge in [0.1, 0.15) is 5.69 Å². The molecule has 1 N–H and O–H groups in total. The molecule has 0 radical (unpaired) electrons. The average molecular weight is 251 g/mol. The molecule has 0 unspecified atom stereocenters. The topological polar surface area (TPSA) is 58.4 Å². The molecule has 0 atom stereocenters. The van der Waals surface area contributed by atoms with E-state index in [4.69, 9.17) is 0 Å². The lowest BCUT2D eigenvalue weighted by molar-refractivity contribution is -0.384. The number of nitro benzene ring substituents is 1.